The first-order valence-corrected chi connectivity index (χ1v) is 11.2. The van der Waals surface area contributed by atoms with Gasteiger partial charge in [0.15, 0.2) is 6.61 Å². The Labute approximate surface area is 183 Å². The number of amides is 1. The molecule has 0 aromatic heterocycles. The third kappa shape index (κ3) is 5.79. The Hall–Kier alpha value is -3.53. The van der Waals surface area contributed by atoms with Crippen LogP contribution in [0, 0.1) is 17.5 Å². The predicted molar refractivity (Wildman–Crippen MR) is 114 cm³/mol. The number of anilines is 2. The van der Waals surface area contributed by atoms with E-state index in [2.05, 4.69) is 5.32 Å². The summed E-state index contributed by atoms with van der Waals surface area (Å²) in [7, 11) is -3.72. The molecule has 6 nitrogen and oxygen atoms in total. The second kappa shape index (κ2) is 9.73. The van der Waals surface area contributed by atoms with E-state index in [0.29, 0.717) is 0 Å². The molecule has 0 unspecified atom stereocenters. The number of para-hydroxylation sites is 1. The van der Waals surface area contributed by atoms with E-state index in [0.717, 1.165) is 22.7 Å². The lowest BCUT2D eigenvalue weighted by Crippen LogP contribution is -2.29. The zero-order chi connectivity index (χ0) is 23.3. The van der Waals surface area contributed by atoms with Crippen LogP contribution in [0.25, 0.3) is 0 Å². The Balaban J connectivity index is 1.67. The molecule has 0 saturated carbocycles. The van der Waals surface area contributed by atoms with Crippen LogP contribution in [0.4, 0.5) is 24.5 Å². The number of halogens is 3. The number of benzene rings is 3. The van der Waals surface area contributed by atoms with Crippen LogP contribution in [0.2, 0.25) is 0 Å². The molecule has 0 aliphatic carbocycles. The zero-order valence-corrected chi connectivity index (χ0v) is 17.7. The Kier molecular flexibility index (Phi) is 7.04. The summed E-state index contributed by atoms with van der Waals surface area (Å²) < 4.78 is 72.0. The molecule has 168 valence electrons. The van der Waals surface area contributed by atoms with Crippen LogP contribution in [-0.2, 0) is 21.4 Å². The highest BCUT2D eigenvalue weighted by molar-refractivity contribution is 7.92. The maximum Gasteiger partial charge on any atom is 0.262 e. The van der Waals surface area contributed by atoms with Crippen molar-refractivity contribution in [3.63, 3.8) is 0 Å². The minimum Gasteiger partial charge on any atom is -0.484 e. The van der Waals surface area contributed by atoms with Gasteiger partial charge < -0.3 is 10.1 Å². The van der Waals surface area contributed by atoms with Crippen LogP contribution >= 0.6 is 0 Å². The van der Waals surface area contributed by atoms with Crippen LogP contribution < -0.4 is 14.4 Å². The van der Waals surface area contributed by atoms with E-state index in [1.165, 1.54) is 48.5 Å². The number of carbonyl (C=O) groups is 1. The maximum absolute atomic E-state index is 14.0. The fraction of sp³-hybridized carbons (Fsp3) is 0.136. The van der Waals surface area contributed by atoms with Crippen molar-refractivity contribution >= 4 is 27.3 Å². The molecule has 0 atom stereocenters. The van der Waals surface area contributed by atoms with Gasteiger partial charge in [-0.15, -0.1) is 0 Å². The summed E-state index contributed by atoms with van der Waals surface area (Å²) in [6.07, 6.45) is 1.00. The van der Waals surface area contributed by atoms with Gasteiger partial charge >= 0.3 is 0 Å². The van der Waals surface area contributed by atoms with Gasteiger partial charge in [0.2, 0.25) is 10.0 Å². The number of sulfonamides is 1. The largest absolute Gasteiger partial charge is 0.484 e. The van der Waals surface area contributed by atoms with E-state index >= 15 is 0 Å². The first-order chi connectivity index (χ1) is 15.1. The number of nitrogens with one attached hydrogen (secondary N) is 1. The fourth-order valence-electron chi connectivity index (χ4n) is 2.83. The molecule has 3 aromatic rings. The molecule has 0 heterocycles. The molecule has 0 fully saturated rings. The van der Waals surface area contributed by atoms with E-state index < -0.39 is 45.7 Å². The standard InChI is InChI=1S/C22H19F3N2O4S/c1-32(29,30)27(13-15-5-2-3-6-18(15)23)16-9-11-17(12-10-16)31-14-21(28)26-22-19(24)7-4-8-20(22)25/h2-12H,13-14H2,1H3,(H,26,28). The van der Waals surface area contributed by atoms with Gasteiger partial charge in [0.1, 0.15) is 28.9 Å². The third-order valence-electron chi connectivity index (χ3n) is 4.39. The summed E-state index contributed by atoms with van der Waals surface area (Å²) >= 11 is 0. The number of nitrogens with zero attached hydrogens (tertiary/aromatic N) is 1. The van der Waals surface area contributed by atoms with Crippen LogP contribution in [0.5, 0.6) is 5.75 Å². The van der Waals surface area contributed by atoms with E-state index in [9.17, 15) is 26.4 Å². The molecule has 32 heavy (non-hydrogen) atoms. The molecule has 1 N–H and O–H groups in total. The predicted octanol–water partition coefficient (Wildman–Crippen LogP) is 4.09. The molecule has 0 radical (unpaired) electrons. The van der Waals surface area contributed by atoms with Crippen molar-refractivity contribution in [1.82, 2.24) is 0 Å². The highest BCUT2D eigenvalue weighted by atomic mass is 32.2. The molecule has 10 heteroatoms. The van der Waals surface area contributed by atoms with Crippen molar-refractivity contribution in [1.29, 1.82) is 0 Å². The lowest BCUT2D eigenvalue weighted by atomic mass is 10.2. The van der Waals surface area contributed by atoms with E-state index in [4.69, 9.17) is 4.74 Å². The molecular weight excluding hydrogens is 445 g/mol. The average Bonchev–Trinajstić information content (AvgIpc) is 2.74. The minimum absolute atomic E-state index is 0.204. The molecule has 3 aromatic carbocycles. The number of carbonyl (C=O) groups excluding carboxylic acids is 1. The second-order valence-electron chi connectivity index (χ2n) is 6.79. The van der Waals surface area contributed by atoms with Gasteiger partial charge in [-0.2, -0.15) is 0 Å². The highest BCUT2D eigenvalue weighted by Crippen LogP contribution is 2.24. The molecular formula is C22H19F3N2O4S. The molecule has 1 amide bonds. The third-order valence-corrected chi connectivity index (χ3v) is 5.53. The summed E-state index contributed by atoms with van der Waals surface area (Å²) in [5.41, 5.74) is -0.107. The molecule has 0 aliphatic rings. The average molecular weight is 464 g/mol. The van der Waals surface area contributed by atoms with Crippen LogP contribution in [-0.4, -0.2) is 27.2 Å². The van der Waals surface area contributed by atoms with Crippen molar-refractivity contribution in [2.75, 3.05) is 22.5 Å². The number of rotatable bonds is 8. The molecule has 0 aliphatic heterocycles. The van der Waals surface area contributed by atoms with E-state index in [1.54, 1.807) is 6.07 Å². The van der Waals surface area contributed by atoms with Gasteiger partial charge in [-0.1, -0.05) is 24.3 Å². The number of ether oxygens (including phenoxy) is 1. The number of hydrogen-bond donors (Lipinski definition) is 1. The maximum atomic E-state index is 14.0. The number of hydrogen-bond acceptors (Lipinski definition) is 4. The summed E-state index contributed by atoms with van der Waals surface area (Å²) in [6.45, 7) is -0.736. The summed E-state index contributed by atoms with van der Waals surface area (Å²) in [6, 6.07) is 14.7. The Morgan fingerprint density at radius 2 is 1.50 bits per heavy atom. The summed E-state index contributed by atoms with van der Waals surface area (Å²) in [5.74, 6) is -2.93. The summed E-state index contributed by atoms with van der Waals surface area (Å²) in [5, 5.41) is 2.09. The fourth-order valence-corrected chi connectivity index (χ4v) is 3.71. The summed E-state index contributed by atoms with van der Waals surface area (Å²) in [4.78, 5) is 11.9. The lowest BCUT2D eigenvalue weighted by molar-refractivity contribution is -0.118. The van der Waals surface area contributed by atoms with Gasteiger partial charge in [-0.05, 0) is 42.5 Å². The van der Waals surface area contributed by atoms with Crippen LogP contribution in [0.15, 0.2) is 66.7 Å². The minimum atomic E-state index is -3.72. The molecule has 0 spiro atoms. The van der Waals surface area contributed by atoms with Crippen molar-refractivity contribution in [2.45, 2.75) is 6.54 Å². The SMILES string of the molecule is CS(=O)(=O)N(Cc1ccccc1F)c1ccc(OCC(=O)Nc2c(F)cccc2F)cc1. The first kappa shape index (κ1) is 23.1. The monoisotopic (exact) mass is 464 g/mol. The smallest absolute Gasteiger partial charge is 0.262 e. The Bertz CT molecular complexity index is 1200. The van der Waals surface area contributed by atoms with Gasteiger partial charge in [0, 0.05) is 5.56 Å². The van der Waals surface area contributed by atoms with Crippen molar-refractivity contribution in [3.05, 3.63) is 89.7 Å². The normalized spacial score (nSPS) is 11.1. The Morgan fingerprint density at radius 1 is 0.906 bits per heavy atom. The van der Waals surface area contributed by atoms with Gasteiger partial charge in [-0.25, -0.2) is 21.6 Å². The molecule has 3 rings (SSSR count). The van der Waals surface area contributed by atoms with Crippen LogP contribution in [0.3, 0.4) is 0 Å². The lowest BCUT2D eigenvalue weighted by Gasteiger charge is -2.23. The van der Waals surface area contributed by atoms with E-state index in [1.807, 2.05) is 0 Å². The highest BCUT2D eigenvalue weighted by Gasteiger charge is 2.19. The second-order valence-corrected chi connectivity index (χ2v) is 8.70. The van der Waals surface area contributed by atoms with Crippen LogP contribution in [0.1, 0.15) is 5.56 Å². The first-order valence-electron chi connectivity index (χ1n) is 9.33. The topological polar surface area (TPSA) is 75.7 Å². The van der Waals surface area contributed by atoms with E-state index in [-0.39, 0.29) is 23.5 Å². The quantitative estimate of drug-likeness (QED) is 0.545. The van der Waals surface area contributed by atoms with Gasteiger partial charge in [-0.3, -0.25) is 9.10 Å². The van der Waals surface area contributed by atoms with Crippen molar-refractivity contribution in [2.24, 2.45) is 0 Å². The Morgan fingerprint density at radius 3 is 2.09 bits per heavy atom. The van der Waals surface area contributed by atoms with Crippen molar-refractivity contribution < 1.29 is 31.1 Å². The van der Waals surface area contributed by atoms with Gasteiger partial charge in [0.25, 0.3) is 5.91 Å². The molecule has 0 saturated heterocycles. The van der Waals surface area contributed by atoms with Gasteiger partial charge in [0.05, 0.1) is 18.5 Å². The molecule has 0 bridgehead atoms. The zero-order valence-electron chi connectivity index (χ0n) is 16.9. The van der Waals surface area contributed by atoms with Crippen molar-refractivity contribution in [3.8, 4) is 5.75 Å².